The Morgan fingerprint density at radius 1 is 1.26 bits per heavy atom. The van der Waals surface area contributed by atoms with Crippen molar-refractivity contribution in [3.63, 3.8) is 0 Å². The fourth-order valence-corrected chi connectivity index (χ4v) is 2.46. The minimum absolute atomic E-state index is 0.216. The van der Waals surface area contributed by atoms with E-state index in [0.29, 0.717) is 10.8 Å². The molecule has 19 heavy (non-hydrogen) atoms. The Hall–Kier alpha value is -1.73. The van der Waals surface area contributed by atoms with Crippen molar-refractivity contribution >= 4 is 49.9 Å². The van der Waals surface area contributed by atoms with Crippen LogP contribution in [0, 0.1) is 0 Å². The van der Waals surface area contributed by atoms with E-state index in [1.54, 1.807) is 11.4 Å². The third-order valence-electron chi connectivity index (χ3n) is 2.14. The number of hydrogen-bond donors (Lipinski definition) is 2. The number of carbonyl (C=O) groups is 2. The van der Waals surface area contributed by atoms with Gasteiger partial charge in [-0.2, -0.15) is 0 Å². The highest BCUT2D eigenvalue weighted by Gasteiger charge is 2.12. The number of nitrogens with zero attached hydrogens (tertiary/aromatic N) is 1. The molecule has 98 valence electrons. The largest absolute Gasteiger partial charge is 0.320 e. The van der Waals surface area contributed by atoms with Gasteiger partial charge in [0.1, 0.15) is 5.69 Å². The third-order valence-corrected chi connectivity index (χ3v) is 3.59. The molecule has 0 saturated carbocycles. The standard InChI is InChI=1S/C12H10BrN3O2S/c1-7(17)14-12-16-10(6-19-12)11(18)15-9-5-3-2-4-8(9)13/h2-6H,1H3,(H,15,18)(H,14,16,17). The highest BCUT2D eigenvalue weighted by molar-refractivity contribution is 9.10. The van der Waals surface area contributed by atoms with E-state index < -0.39 is 0 Å². The normalized spacial score (nSPS) is 10.0. The van der Waals surface area contributed by atoms with Crippen LogP contribution >= 0.6 is 27.3 Å². The van der Waals surface area contributed by atoms with E-state index in [1.165, 1.54) is 18.3 Å². The molecule has 0 aliphatic heterocycles. The predicted octanol–water partition coefficient (Wildman–Crippen LogP) is 3.12. The van der Waals surface area contributed by atoms with Gasteiger partial charge in [-0.25, -0.2) is 4.98 Å². The number of thiazole rings is 1. The third kappa shape index (κ3) is 3.62. The highest BCUT2D eigenvalue weighted by Crippen LogP contribution is 2.22. The monoisotopic (exact) mass is 339 g/mol. The molecule has 1 heterocycles. The summed E-state index contributed by atoms with van der Waals surface area (Å²) in [6.45, 7) is 1.39. The van der Waals surface area contributed by atoms with Gasteiger partial charge < -0.3 is 10.6 Å². The molecule has 1 aromatic carbocycles. The molecule has 0 aliphatic carbocycles. The zero-order chi connectivity index (χ0) is 13.8. The molecular weight excluding hydrogens is 330 g/mol. The van der Waals surface area contributed by atoms with Crippen LogP contribution in [0.1, 0.15) is 17.4 Å². The zero-order valence-corrected chi connectivity index (χ0v) is 12.3. The van der Waals surface area contributed by atoms with E-state index in [4.69, 9.17) is 0 Å². The Morgan fingerprint density at radius 2 is 2.00 bits per heavy atom. The van der Waals surface area contributed by atoms with Gasteiger partial charge in [0.2, 0.25) is 5.91 Å². The molecule has 0 aliphatic rings. The topological polar surface area (TPSA) is 71.1 Å². The maximum Gasteiger partial charge on any atom is 0.275 e. The van der Waals surface area contributed by atoms with Crippen LogP contribution in [-0.2, 0) is 4.79 Å². The molecular formula is C12H10BrN3O2S. The van der Waals surface area contributed by atoms with E-state index in [9.17, 15) is 9.59 Å². The lowest BCUT2D eigenvalue weighted by Crippen LogP contribution is -2.13. The number of anilines is 2. The van der Waals surface area contributed by atoms with Gasteiger partial charge in [0.25, 0.3) is 5.91 Å². The van der Waals surface area contributed by atoms with E-state index in [0.717, 1.165) is 4.47 Å². The number of carbonyl (C=O) groups excluding carboxylic acids is 2. The van der Waals surface area contributed by atoms with E-state index in [1.807, 2.05) is 18.2 Å². The summed E-state index contributed by atoms with van der Waals surface area (Å²) < 4.78 is 0.792. The molecule has 2 aromatic rings. The van der Waals surface area contributed by atoms with E-state index >= 15 is 0 Å². The van der Waals surface area contributed by atoms with Gasteiger partial charge in [0, 0.05) is 16.8 Å². The van der Waals surface area contributed by atoms with Crippen LogP contribution < -0.4 is 10.6 Å². The van der Waals surface area contributed by atoms with Crippen molar-refractivity contribution in [1.82, 2.24) is 4.98 Å². The summed E-state index contributed by atoms with van der Waals surface area (Å²) >= 11 is 4.55. The first-order chi connectivity index (χ1) is 9.06. The molecule has 5 nitrogen and oxygen atoms in total. The average molecular weight is 340 g/mol. The number of benzene rings is 1. The molecule has 7 heteroatoms. The molecule has 0 atom stereocenters. The van der Waals surface area contributed by atoms with Crippen molar-refractivity contribution in [2.75, 3.05) is 10.6 Å². The van der Waals surface area contributed by atoms with Gasteiger partial charge in [0.15, 0.2) is 5.13 Å². The quantitative estimate of drug-likeness (QED) is 0.902. The predicted molar refractivity (Wildman–Crippen MR) is 78.5 cm³/mol. The second-order valence-corrected chi connectivity index (χ2v) is 5.37. The van der Waals surface area contributed by atoms with Crippen LogP contribution in [0.5, 0.6) is 0 Å². The van der Waals surface area contributed by atoms with Gasteiger partial charge in [-0.3, -0.25) is 9.59 Å². The molecule has 0 saturated heterocycles. The van der Waals surface area contributed by atoms with Crippen molar-refractivity contribution in [2.24, 2.45) is 0 Å². The van der Waals surface area contributed by atoms with Crippen molar-refractivity contribution in [3.8, 4) is 0 Å². The number of halogens is 1. The first-order valence-electron chi connectivity index (χ1n) is 5.35. The van der Waals surface area contributed by atoms with E-state index in [-0.39, 0.29) is 17.5 Å². The lowest BCUT2D eigenvalue weighted by atomic mass is 10.3. The van der Waals surface area contributed by atoms with Gasteiger partial charge in [0.05, 0.1) is 5.69 Å². The Morgan fingerprint density at radius 3 is 2.68 bits per heavy atom. The summed E-state index contributed by atoms with van der Waals surface area (Å²) in [6, 6.07) is 7.30. The maximum atomic E-state index is 12.0. The maximum absolute atomic E-state index is 12.0. The summed E-state index contributed by atoms with van der Waals surface area (Å²) in [5.41, 5.74) is 0.936. The van der Waals surface area contributed by atoms with Crippen LogP contribution in [0.3, 0.4) is 0 Å². The van der Waals surface area contributed by atoms with Crippen molar-refractivity contribution in [2.45, 2.75) is 6.92 Å². The van der Waals surface area contributed by atoms with Crippen molar-refractivity contribution in [3.05, 3.63) is 39.8 Å². The minimum Gasteiger partial charge on any atom is -0.320 e. The molecule has 2 N–H and O–H groups in total. The van der Waals surface area contributed by atoms with Gasteiger partial charge in [-0.05, 0) is 28.1 Å². The molecule has 0 unspecified atom stereocenters. The Bertz CT molecular complexity index is 627. The lowest BCUT2D eigenvalue weighted by molar-refractivity contribution is -0.114. The summed E-state index contributed by atoms with van der Waals surface area (Å²) in [6.07, 6.45) is 0. The molecule has 0 bridgehead atoms. The van der Waals surface area contributed by atoms with Crippen LogP contribution in [0.25, 0.3) is 0 Å². The first kappa shape index (κ1) is 13.7. The molecule has 2 amide bonds. The molecule has 0 spiro atoms. The fraction of sp³-hybridized carbons (Fsp3) is 0.0833. The second kappa shape index (κ2) is 5.94. The van der Waals surface area contributed by atoms with Gasteiger partial charge >= 0.3 is 0 Å². The highest BCUT2D eigenvalue weighted by atomic mass is 79.9. The number of para-hydroxylation sites is 1. The smallest absolute Gasteiger partial charge is 0.275 e. The molecule has 0 fully saturated rings. The van der Waals surface area contributed by atoms with Gasteiger partial charge in [-0.15, -0.1) is 11.3 Å². The number of hydrogen-bond acceptors (Lipinski definition) is 4. The second-order valence-electron chi connectivity index (χ2n) is 3.65. The summed E-state index contributed by atoms with van der Waals surface area (Å²) in [4.78, 5) is 26.9. The lowest BCUT2D eigenvalue weighted by Gasteiger charge is -2.04. The van der Waals surface area contributed by atoms with Crippen molar-refractivity contribution in [1.29, 1.82) is 0 Å². The Kier molecular flexibility index (Phi) is 4.28. The van der Waals surface area contributed by atoms with E-state index in [2.05, 4.69) is 31.5 Å². The van der Waals surface area contributed by atoms with Crippen LogP contribution in [0.15, 0.2) is 34.1 Å². The molecule has 0 radical (unpaired) electrons. The summed E-state index contributed by atoms with van der Waals surface area (Å²) in [5.74, 6) is -0.535. The SMILES string of the molecule is CC(=O)Nc1nc(C(=O)Nc2ccccc2Br)cs1. The summed E-state index contributed by atoms with van der Waals surface area (Å²) in [7, 11) is 0. The van der Waals surface area contributed by atoms with Crippen LogP contribution in [-0.4, -0.2) is 16.8 Å². The van der Waals surface area contributed by atoms with Crippen LogP contribution in [0.2, 0.25) is 0 Å². The van der Waals surface area contributed by atoms with Crippen molar-refractivity contribution < 1.29 is 9.59 Å². The first-order valence-corrected chi connectivity index (χ1v) is 7.02. The fourth-order valence-electron chi connectivity index (χ4n) is 1.33. The Labute approximate surface area is 122 Å². The molecule has 2 rings (SSSR count). The number of amides is 2. The minimum atomic E-state index is -0.320. The molecule has 1 aromatic heterocycles. The number of rotatable bonds is 3. The van der Waals surface area contributed by atoms with Crippen LogP contribution in [0.4, 0.5) is 10.8 Å². The average Bonchev–Trinajstić information content (AvgIpc) is 2.79. The number of aromatic nitrogens is 1. The summed E-state index contributed by atoms with van der Waals surface area (Å²) in [5, 5.41) is 7.28. The zero-order valence-electron chi connectivity index (χ0n) is 9.94. The van der Waals surface area contributed by atoms with Gasteiger partial charge in [-0.1, -0.05) is 12.1 Å². The number of nitrogens with one attached hydrogen (secondary N) is 2. The Balaban J connectivity index is 2.10.